The Hall–Kier alpha value is -3.69. The highest BCUT2D eigenvalue weighted by molar-refractivity contribution is 5.98. The third kappa shape index (κ3) is 4.78. The van der Waals surface area contributed by atoms with Crippen molar-refractivity contribution >= 4 is 28.9 Å². The largest absolute Gasteiger partial charge is 0.419 e. The number of nitrogens with zero attached hydrogens (tertiary/aromatic N) is 3. The zero-order valence-corrected chi connectivity index (χ0v) is 15.5. The van der Waals surface area contributed by atoms with E-state index in [0.717, 1.165) is 11.8 Å². The van der Waals surface area contributed by atoms with Crippen LogP contribution in [0.2, 0.25) is 0 Å². The fraction of sp³-hybridized carbons (Fsp3) is 0.158. The number of hydrogen-bond donors (Lipinski definition) is 3. The van der Waals surface area contributed by atoms with Gasteiger partial charge in [-0.2, -0.15) is 13.2 Å². The molecule has 0 atom stereocenters. The monoisotopic (exact) mass is 402 g/mol. The summed E-state index contributed by atoms with van der Waals surface area (Å²) in [6.45, 7) is 1.87. The van der Waals surface area contributed by atoms with Crippen molar-refractivity contribution in [2.75, 3.05) is 17.7 Å². The van der Waals surface area contributed by atoms with Crippen molar-refractivity contribution in [2.24, 2.45) is 0 Å². The van der Waals surface area contributed by atoms with Crippen LogP contribution in [0.4, 0.5) is 36.2 Å². The molecule has 0 spiro atoms. The SMILES string of the molecule is CNC(=O)c1ncccc1Nc1cc(Nc2ccc(C)cn2)ncc1C(F)(F)F. The van der Waals surface area contributed by atoms with Gasteiger partial charge in [0.15, 0.2) is 5.69 Å². The summed E-state index contributed by atoms with van der Waals surface area (Å²) in [6.07, 6.45) is -0.931. The molecular formula is C19H17F3N6O. The topological polar surface area (TPSA) is 91.8 Å². The highest BCUT2D eigenvalue weighted by atomic mass is 19.4. The van der Waals surface area contributed by atoms with E-state index in [1.807, 2.05) is 13.0 Å². The van der Waals surface area contributed by atoms with E-state index in [1.54, 1.807) is 12.3 Å². The van der Waals surface area contributed by atoms with Gasteiger partial charge in [-0.3, -0.25) is 4.79 Å². The summed E-state index contributed by atoms with van der Waals surface area (Å²) in [5, 5.41) is 7.92. The first kappa shape index (κ1) is 20.1. The number of rotatable bonds is 5. The Morgan fingerprint density at radius 3 is 2.38 bits per heavy atom. The van der Waals surface area contributed by atoms with Gasteiger partial charge in [-0.25, -0.2) is 15.0 Å². The molecule has 0 radical (unpaired) electrons. The van der Waals surface area contributed by atoms with Crippen LogP contribution in [0.25, 0.3) is 0 Å². The minimum Gasteiger partial charge on any atom is -0.354 e. The van der Waals surface area contributed by atoms with Gasteiger partial charge in [0.1, 0.15) is 11.6 Å². The first-order chi connectivity index (χ1) is 13.8. The molecule has 0 aliphatic rings. The number of hydrogen-bond acceptors (Lipinski definition) is 6. The van der Waals surface area contributed by atoms with E-state index in [2.05, 4.69) is 30.9 Å². The normalized spacial score (nSPS) is 11.1. The summed E-state index contributed by atoms with van der Waals surface area (Å²) in [7, 11) is 1.41. The standard InChI is InChI=1S/C19H17F3N6O/c1-11-5-6-15(25-9-11)28-16-8-14(12(10-26-16)19(20,21)22)27-13-4-3-7-24-17(13)18(29)23-2/h3-10H,1-2H3,(H,23,29)(H2,25,26,27,28). The molecule has 0 aliphatic carbocycles. The van der Waals surface area contributed by atoms with Crippen molar-refractivity contribution in [1.82, 2.24) is 20.3 Å². The molecular weight excluding hydrogens is 385 g/mol. The maximum Gasteiger partial charge on any atom is 0.419 e. The lowest BCUT2D eigenvalue weighted by Crippen LogP contribution is -2.21. The molecule has 3 aromatic rings. The van der Waals surface area contributed by atoms with Crippen molar-refractivity contribution in [3.63, 3.8) is 0 Å². The Bertz CT molecular complexity index is 1020. The molecule has 1 amide bonds. The van der Waals surface area contributed by atoms with E-state index in [-0.39, 0.29) is 22.9 Å². The number of carbonyl (C=O) groups is 1. The lowest BCUT2D eigenvalue weighted by Gasteiger charge is -2.17. The smallest absolute Gasteiger partial charge is 0.354 e. The van der Waals surface area contributed by atoms with Crippen molar-refractivity contribution < 1.29 is 18.0 Å². The molecule has 3 N–H and O–H groups in total. The zero-order chi connectivity index (χ0) is 21.0. The van der Waals surface area contributed by atoms with Crippen LogP contribution < -0.4 is 16.0 Å². The highest BCUT2D eigenvalue weighted by Crippen LogP contribution is 2.37. The van der Waals surface area contributed by atoms with Gasteiger partial charge in [0, 0.05) is 31.7 Å². The summed E-state index contributed by atoms with van der Waals surface area (Å²) < 4.78 is 40.4. The first-order valence-electron chi connectivity index (χ1n) is 8.49. The average molecular weight is 402 g/mol. The molecule has 3 rings (SSSR count). The summed E-state index contributed by atoms with van der Waals surface area (Å²) in [5.74, 6) is 0.0568. The van der Waals surface area contributed by atoms with Crippen molar-refractivity contribution in [1.29, 1.82) is 0 Å². The Balaban J connectivity index is 1.99. The quantitative estimate of drug-likeness (QED) is 0.597. The Labute approximate surface area is 164 Å². The maximum absolute atomic E-state index is 13.5. The maximum atomic E-state index is 13.5. The minimum atomic E-state index is -4.65. The van der Waals surface area contributed by atoms with Gasteiger partial charge >= 0.3 is 6.18 Å². The Morgan fingerprint density at radius 1 is 0.966 bits per heavy atom. The van der Waals surface area contributed by atoms with E-state index < -0.39 is 17.6 Å². The molecule has 150 valence electrons. The Morgan fingerprint density at radius 2 is 1.72 bits per heavy atom. The number of aromatic nitrogens is 3. The third-order valence-electron chi connectivity index (χ3n) is 3.90. The number of anilines is 4. The lowest BCUT2D eigenvalue weighted by atomic mass is 10.2. The molecule has 3 heterocycles. The average Bonchev–Trinajstić information content (AvgIpc) is 2.69. The number of amides is 1. The second kappa shape index (κ2) is 8.13. The molecule has 0 aromatic carbocycles. The second-order valence-electron chi connectivity index (χ2n) is 6.06. The van der Waals surface area contributed by atoms with Gasteiger partial charge in [-0.15, -0.1) is 0 Å². The molecule has 10 heteroatoms. The molecule has 7 nitrogen and oxygen atoms in total. The van der Waals surface area contributed by atoms with E-state index in [1.165, 1.54) is 31.4 Å². The van der Waals surface area contributed by atoms with Crippen LogP contribution in [0.3, 0.4) is 0 Å². The lowest BCUT2D eigenvalue weighted by molar-refractivity contribution is -0.137. The molecule has 0 saturated carbocycles. The number of pyridine rings is 3. The zero-order valence-electron chi connectivity index (χ0n) is 15.5. The van der Waals surface area contributed by atoms with Crippen LogP contribution in [0.5, 0.6) is 0 Å². The van der Waals surface area contributed by atoms with Crippen LogP contribution in [0.1, 0.15) is 21.6 Å². The predicted molar refractivity (Wildman–Crippen MR) is 102 cm³/mol. The molecule has 0 bridgehead atoms. The molecule has 0 fully saturated rings. The number of halogens is 3. The van der Waals surface area contributed by atoms with Crippen LogP contribution in [0, 0.1) is 6.92 Å². The number of nitrogens with one attached hydrogen (secondary N) is 3. The number of carbonyl (C=O) groups excluding carboxylic acids is 1. The van der Waals surface area contributed by atoms with Gasteiger partial charge in [0.25, 0.3) is 5.91 Å². The molecule has 0 aliphatic heterocycles. The second-order valence-corrected chi connectivity index (χ2v) is 6.06. The minimum absolute atomic E-state index is 0.0327. The molecule has 29 heavy (non-hydrogen) atoms. The summed E-state index contributed by atoms with van der Waals surface area (Å²) in [5.41, 5.74) is -0.221. The summed E-state index contributed by atoms with van der Waals surface area (Å²) in [6, 6.07) is 7.67. The van der Waals surface area contributed by atoms with Gasteiger partial charge in [0.2, 0.25) is 0 Å². The van der Waals surface area contributed by atoms with Gasteiger partial charge in [0.05, 0.1) is 16.9 Å². The van der Waals surface area contributed by atoms with Crippen LogP contribution in [-0.4, -0.2) is 27.9 Å². The van der Waals surface area contributed by atoms with Crippen molar-refractivity contribution in [2.45, 2.75) is 13.1 Å². The van der Waals surface area contributed by atoms with Crippen molar-refractivity contribution in [3.05, 3.63) is 65.7 Å². The predicted octanol–water partition coefficient (Wildman–Crippen LogP) is 4.05. The fourth-order valence-electron chi connectivity index (χ4n) is 2.48. The summed E-state index contributed by atoms with van der Waals surface area (Å²) in [4.78, 5) is 23.9. The van der Waals surface area contributed by atoms with Crippen LogP contribution in [0.15, 0.2) is 48.9 Å². The summed E-state index contributed by atoms with van der Waals surface area (Å²) >= 11 is 0. The molecule has 3 aromatic heterocycles. The molecule has 0 unspecified atom stereocenters. The fourth-order valence-corrected chi connectivity index (χ4v) is 2.48. The van der Waals surface area contributed by atoms with Crippen molar-refractivity contribution in [3.8, 4) is 0 Å². The van der Waals surface area contributed by atoms with E-state index in [0.29, 0.717) is 5.82 Å². The third-order valence-corrected chi connectivity index (χ3v) is 3.90. The number of aryl methyl sites for hydroxylation is 1. The van der Waals surface area contributed by atoms with Gasteiger partial charge in [-0.05, 0) is 30.7 Å². The van der Waals surface area contributed by atoms with E-state index in [9.17, 15) is 18.0 Å². The van der Waals surface area contributed by atoms with E-state index in [4.69, 9.17) is 0 Å². The van der Waals surface area contributed by atoms with Gasteiger partial charge in [-0.1, -0.05) is 6.07 Å². The van der Waals surface area contributed by atoms with Crippen LogP contribution in [-0.2, 0) is 6.18 Å². The van der Waals surface area contributed by atoms with E-state index >= 15 is 0 Å². The molecule has 0 saturated heterocycles. The highest BCUT2D eigenvalue weighted by Gasteiger charge is 2.34. The number of alkyl halides is 3. The van der Waals surface area contributed by atoms with Crippen LogP contribution >= 0.6 is 0 Å². The Kier molecular flexibility index (Phi) is 5.62. The van der Waals surface area contributed by atoms with Gasteiger partial charge < -0.3 is 16.0 Å². The first-order valence-corrected chi connectivity index (χ1v) is 8.49.